The first kappa shape index (κ1) is 11.2. The van der Waals surface area contributed by atoms with Gasteiger partial charge in [0.15, 0.2) is 0 Å². The van der Waals surface area contributed by atoms with Crippen molar-refractivity contribution in [1.29, 1.82) is 0 Å². The fraction of sp³-hybridized carbons (Fsp3) is 0.357. The Morgan fingerprint density at radius 2 is 2.12 bits per heavy atom. The van der Waals surface area contributed by atoms with E-state index in [0.717, 1.165) is 29.0 Å². The van der Waals surface area contributed by atoms with Gasteiger partial charge in [-0.05, 0) is 49.4 Å². The third-order valence-corrected chi connectivity index (χ3v) is 5.67. The first-order chi connectivity index (χ1) is 8.28. The molecular weight excluding hydrogens is 248 g/mol. The van der Waals surface area contributed by atoms with Gasteiger partial charge < -0.3 is 0 Å². The molecule has 0 aliphatic heterocycles. The molecule has 17 heavy (non-hydrogen) atoms. The molecule has 3 rings (SSSR count). The summed E-state index contributed by atoms with van der Waals surface area (Å²) in [4.78, 5) is 16.8. The molecule has 3 heteroatoms. The molecule has 0 aromatic carbocycles. The first-order valence-corrected chi connectivity index (χ1v) is 7.66. The molecule has 2 aromatic heterocycles. The van der Waals surface area contributed by atoms with E-state index in [1.165, 1.54) is 21.7 Å². The van der Waals surface area contributed by atoms with E-state index in [0.29, 0.717) is 0 Å². The highest BCUT2D eigenvalue weighted by Crippen LogP contribution is 2.32. The van der Waals surface area contributed by atoms with Crippen molar-refractivity contribution in [2.24, 2.45) is 0 Å². The number of aryl methyl sites for hydroxylation is 3. The van der Waals surface area contributed by atoms with Crippen LogP contribution in [0.4, 0.5) is 0 Å². The Bertz CT molecular complexity index is 541. The van der Waals surface area contributed by atoms with Crippen LogP contribution >= 0.6 is 22.7 Å². The zero-order chi connectivity index (χ0) is 11.8. The molecule has 0 atom stereocenters. The van der Waals surface area contributed by atoms with E-state index in [1.54, 1.807) is 22.7 Å². The van der Waals surface area contributed by atoms with Gasteiger partial charge in [0.05, 0.1) is 9.75 Å². The maximum atomic E-state index is 12.3. The zero-order valence-electron chi connectivity index (χ0n) is 9.79. The summed E-state index contributed by atoms with van der Waals surface area (Å²) in [5.41, 5.74) is 1.41. The predicted molar refractivity (Wildman–Crippen MR) is 73.5 cm³/mol. The fourth-order valence-electron chi connectivity index (χ4n) is 2.25. The summed E-state index contributed by atoms with van der Waals surface area (Å²) in [6.07, 6.45) is 4.59. The van der Waals surface area contributed by atoms with Crippen molar-refractivity contribution in [3.05, 3.63) is 43.3 Å². The first-order valence-electron chi connectivity index (χ1n) is 6.03. The summed E-state index contributed by atoms with van der Waals surface area (Å²) in [6.45, 7) is 2.12. The van der Waals surface area contributed by atoms with Crippen LogP contribution in [0.5, 0.6) is 0 Å². The van der Waals surface area contributed by atoms with Gasteiger partial charge in [-0.1, -0.05) is 6.92 Å². The number of hydrogen-bond acceptors (Lipinski definition) is 3. The van der Waals surface area contributed by atoms with Crippen LogP contribution in [0.15, 0.2) is 18.2 Å². The van der Waals surface area contributed by atoms with E-state index in [9.17, 15) is 4.79 Å². The summed E-state index contributed by atoms with van der Waals surface area (Å²) in [5, 5.41) is 0. The second-order valence-corrected chi connectivity index (χ2v) is 6.67. The Balaban J connectivity index is 1.90. The van der Waals surface area contributed by atoms with Gasteiger partial charge in [-0.3, -0.25) is 4.79 Å². The average Bonchev–Trinajstić information content (AvgIpc) is 3.02. The molecule has 1 aliphatic carbocycles. The van der Waals surface area contributed by atoms with Gasteiger partial charge in [0.1, 0.15) is 0 Å². The van der Waals surface area contributed by atoms with E-state index in [4.69, 9.17) is 0 Å². The third-order valence-electron chi connectivity index (χ3n) is 3.20. The lowest BCUT2D eigenvalue weighted by Gasteiger charge is -1.93. The van der Waals surface area contributed by atoms with Gasteiger partial charge in [0.25, 0.3) is 0 Å². The molecule has 0 fully saturated rings. The SMILES string of the molecule is CCc1ccc(C(=O)c2cc3c(s2)CCC3)s1. The van der Waals surface area contributed by atoms with Gasteiger partial charge in [0.2, 0.25) is 5.78 Å². The molecule has 0 N–H and O–H groups in total. The molecule has 1 aliphatic rings. The van der Waals surface area contributed by atoms with E-state index >= 15 is 0 Å². The number of rotatable bonds is 3. The van der Waals surface area contributed by atoms with E-state index < -0.39 is 0 Å². The Hall–Kier alpha value is -0.930. The van der Waals surface area contributed by atoms with Crippen LogP contribution in [0.1, 0.15) is 43.2 Å². The van der Waals surface area contributed by atoms with Crippen LogP contribution in [0.2, 0.25) is 0 Å². The highest BCUT2D eigenvalue weighted by molar-refractivity contribution is 7.17. The minimum Gasteiger partial charge on any atom is -0.287 e. The molecule has 0 spiro atoms. The van der Waals surface area contributed by atoms with E-state index in [-0.39, 0.29) is 5.78 Å². The van der Waals surface area contributed by atoms with Gasteiger partial charge >= 0.3 is 0 Å². The maximum Gasteiger partial charge on any atom is 0.212 e. The lowest BCUT2D eigenvalue weighted by molar-refractivity contribution is 0.104. The number of carbonyl (C=O) groups is 1. The number of hydrogen-bond donors (Lipinski definition) is 0. The minimum absolute atomic E-state index is 0.217. The number of carbonyl (C=O) groups excluding carboxylic acids is 1. The van der Waals surface area contributed by atoms with E-state index in [1.807, 2.05) is 6.07 Å². The Morgan fingerprint density at radius 3 is 2.82 bits per heavy atom. The maximum absolute atomic E-state index is 12.3. The molecule has 0 saturated carbocycles. The highest BCUT2D eigenvalue weighted by Gasteiger charge is 2.20. The monoisotopic (exact) mass is 262 g/mol. The van der Waals surface area contributed by atoms with Crippen LogP contribution in [-0.2, 0) is 19.3 Å². The summed E-state index contributed by atoms with van der Waals surface area (Å²) < 4.78 is 0. The van der Waals surface area contributed by atoms with Crippen LogP contribution in [0, 0.1) is 0 Å². The molecule has 0 saturated heterocycles. The minimum atomic E-state index is 0.217. The number of ketones is 1. The van der Waals surface area contributed by atoms with Gasteiger partial charge in [-0.15, -0.1) is 22.7 Å². The lowest BCUT2D eigenvalue weighted by Crippen LogP contribution is -1.94. The van der Waals surface area contributed by atoms with Crippen molar-refractivity contribution >= 4 is 28.5 Å². The molecule has 88 valence electrons. The summed E-state index contributed by atoms with van der Waals surface area (Å²) in [6, 6.07) is 6.15. The molecule has 0 unspecified atom stereocenters. The summed E-state index contributed by atoms with van der Waals surface area (Å²) in [7, 11) is 0. The molecule has 2 heterocycles. The van der Waals surface area contributed by atoms with E-state index in [2.05, 4.69) is 19.1 Å². The molecule has 2 aromatic rings. The van der Waals surface area contributed by atoms with Crippen molar-refractivity contribution in [2.75, 3.05) is 0 Å². The fourth-order valence-corrected chi connectivity index (χ4v) is 4.43. The van der Waals surface area contributed by atoms with Crippen LogP contribution in [0.3, 0.4) is 0 Å². The normalized spacial score (nSPS) is 13.9. The van der Waals surface area contributed by atoms with Gasteiger partial charge in [0, 0.05) is 9.75 Å². The second kappa shape index (κ2) is 4.39. The zero-order valence-corrected chi connectivity index (χ0v) is 11.4. The van der Waals surface area contributed by atoms with Crippen molar-refractivity contribution in [1.82, 2.24) is 0 Å². The molecule has 0 bridgehead atoms. The van der Waals surface area contributed by atoms with Crippen molar-refractivity contribution in [3.63, 3.8) is 0 Å². The molecular formula is C14H14OS2. The molecule has 1 nitrogen and oxygen atoms in total. The van der Waals surface area contributed by atoms with Crippen LogP contribution in [-0.4, -0.2) is 5.78 Å². The number of fused-ring (bicyclic) bond motifs is 1. The van der Waals surface area contributed by atoms with Gasteiger partial charge in [-0.25, -0.2) is 0 Å². The average molecular weight is 262 g/mol. The van der Waals surface area contributed by atoms with Gasteiger partial charge in [-0.2, -0.15) is 0 Å². The second-order valence-electron chi connectivity index (χ2n) is 4.36. The van der Waals surface area contributed by atoms with Crippen molar-refractivity contribution in [3.8, 4) is 0 Å². The van der Waals surface area contributed by atoms with Crippen LogP contribution < -0.4 is 0 Å². The quantitative estimate of drug-likeness (QED) is 0.761. The largest absolute Gasteiger partial charge is 0.287 e. The topological polar surface area (TPSA) is 17.1 Å². The third kappa shape index (κ3) is 1.98. The molecule has 0 radical (unpaired) electrons. The Labute approximate surface area is 109 Å². The smallest absolute Gasteiger partial charge is 0.212 e. The molecule has 0 amide bonds. The Kier molecular flexibility index (Phi) is 2.89. The number of thiophene rings is 2. The Morgan fingerprint density at radius 1 is 1.24 bits per heavy atom. The summed E-state index contributed by atoms with van der Waals surface area (Å²) in [5.74, 6) is 0.217. The van der Waals surface area contributed by atoms with Crippen molar-refractivity contribution in [2.45, 2.75) is 32.6 Å². The lowest BCUT2D eigenvalue weighted by atomic mass is 10.2. The summed E-state index contributed by atoms with van der Waals surface area (Å²) >= 11 is 3.33. The predicted octanol–water partition coefficient (Wildman–Crippen LogP) is 4.09. The van der Waals surface area contributed by atoms with Crippen molar-refractivity contribution < 1.29 is 4.79 Å². The highest BCUT2D eigenvalue weighted by atomic mass is 32.1. The van der Waals surface area contributed by atoms with Crippen LogP contribution in [0.25, 0.3) is 0 Å². The standard InChI is InChI=1S/C14H14OS2/c1-2-10-6-7-12(16-10)14(15)13-8-9-4-3-5-11(9)17-13/h6-8H,2-5H2,1H3.